The van der Waals surface area contributed by atoms with Crippen LogP contribution in [0.1, 0.15) is 39.3 Å². The van der Waals surface area contributed by atoms with E-state index in [9.17, 15) is 14.7 Å². The first-order valence-corrected chi connectivity index (χ1v) is 11.5. The molecule has 0 saturated carbocycles. The molecule has 0 saturated heterocycles. The second-order valence-corrected chi connectivity index (χ2v) is 8.73. The van der Waals surface area contributed by atoms with Crippen LogP contribution in [-0.4, -0.2) is 30.5 Å². The molecule has 6 nitrogen and oxygen atoms in total. The second kappa shape index (κ2) is 9.11. The average molecular weight is 464 g/mol. The Balaban J connectivity index is 1.92. The SMILES string of the molecule is CCOc1cc(C2C(C(=O)c3cccs3)=C(O)C(=O)N2c2ccc(C)cc2C)ccc1OC. The van der Waals surface area contributed by atoms with Crippen molar-refractivity contribution in [3.63, 3.8) is 0 Å². The van der Waals surface area contributed by atoms with Crippen molar-refractivity contribution in [2.45, 2.75) is 26.8 Å². The van der Waals surface area contributed by atoms with Gasteiger partial charge in [0, 0.05) is 5.69 Å². The summed E-state index contributed by atoms with van der Waals surface area (Å²) in [6, 6.07) is 13.6. The molecular weight excluding hydrogens is 438 g/mol. The van der Waals surface area contributed by atoms with Crippen molar-refractivity contribution in [2.75, 3.05) is 18.6 Å². The quantitative estimate of drug-likeness (QED) is 0.465. The van der Waals surface area contributed by atoms with E-state index in [1.807, 2.05) is 39.0 Å². The summed E-state index contributed by atoms with van der Waals surface area (Å²) in [7, 11) is 1.55. The number of anilines is 1. The zero-order valence-electron chi connectivity index (χ0n) is 18.9. The summed E-state index contributed by atoms with van der Waals surface area (Å²) < 4.78 is 11.1. The number of hydrogen-bond donors (Lipinski definition) is 1. The summed E-state index contributed by atoms with van der Waals surface area (Å²) in [5, 5.41) is 12.7. The topological polar surface area (TPSA) is 76.1 Å². The minimum Gasteiger partial charge on any atom is -0.503 e. The number of rotatable bonds is 7. The van der Waals surface area contributed by atoms with Crippen molar-refractivity contribution in [1.82, 2.24) is 0 Å². The minimum atomic E-state index is -0.821. The zero-order valence-corrected chi connectivity index (χ0v) is 19.7. The lowest BCUT2D eigenvalue weighted by Gasteiger charge is -2.29. The van der Waals surface area contributed by atoms with Crippen LogP contribution in [0.25, 0.3) is 0 Å². The fourth-order valence-corrected chi connectivity index (χ4v) is 4.83. The molecule has 1 unspecified atom stereocenters. The Morgan fingerprint density at radius 2 is 1.91 bits per heavy atom. The molecule has 170 valence electrons. The molecule has 33 heavy (non-hydrogen) atoms. The Bertz CT molecular complexity index is 1250. The molecule has 1 aliphatic heterocycles. The molecule has 1 aliphatic rings. The molecule has 2 heterocycles. The Labute approximate surface area is 196 Å². The van der Waals surface area contributed by atoms with Crippen molar-refractivity contribution in [3.8, 4) is 11.5 Å². The van der Waals surface area contributed by atoms with Gasteiger partial charge in [-0.3, -0.25) is 14.5 Å². The number of ether oxygens (including phenoxy) is 2. The first kappa shape index (κ1) is 22.6. The summed E-state index contributed by atoms with van der Waals surface area (Å²) >= 11 is 1.27. The molecule has 3 aromatic rings. The monoisotopic (exact) mass is 463 g/mol. The number of carbonyl (C=O) groups excluding carboxylic acids is 2. The third-order valence-electron chi connectivity index (χ3n) is 5.61. The highest BCUT2D eigenvalue weighted by molar-refractivity contribution is 7.12. The summed E-state index contributed by atoms with van der Waals surface area (Å²) in [5.41, 5.74) is 3.23. The van der Waals surface area contributed by atoms with Crippen molar-refractivity contribution < 1.29 is 24.2 Å². The molecule has 0 bridgehead atoms. The van der Waals surface area contributed by atoms with Gasteiger partial charge in [-0.15, -0.1) is 11.3 Å². The fourth-order valence-electron chi connectivity index (χ4n) is 4.15. The van der Waals surface area contributed by atoms with E-state index in [2.05, 4.69) is 0 Å². The van der Waals surface area contributed by atoms with E-state index in [1.165, 1.54) is 16.2 Å². The van der Waals surface area contributed by atoms with Crippen LogP contribution in [0.5, 0.6) is 11.5 Å². The predicted octanol–water partition coefficient (Wildman–Crippen LogP) is 5.56. The first-order valence-electron chi connectivity index (χ1n) is 10.6. The Kier molecular flexibility index (Phi) is 6.24. The number of hydrogen-bond acceptors (Lipinski definition) is 6. The van der Waals surface area contributed by atoms with Crippen LogP contribution >= 0.6 is 11.3 Å². The number of Topliss-reactive ketones (excluding diaryl/α,β-unsaturated/α-hetero) is 1. The van der Waals surface area contributed by atoms with E-state index in [0.717, 1.165) is 11.1 Å². The second-order valence-electron chi connectivity index (χ2n) is 7.78. The molecule has 4 rings (SSSR count). The molecule has 1 atom stereocenters. The zero-order chi connectivity index (χ0) is 23.7. The van der Waals surface area contributed by atoms with Crippen LogP contribution in [0, 0.1) is 13.8 Å². The van der Waals surface area contributed by atoms with E-state index in [0.29, 0.717) is 34.2 Å². The maximum Gasteiger partial charge on any atom is 0.294 e. The van der Waals surface area contributed by atoms with Gasteiger partial charge in [-0.2, -0.15) is 0 Å². The molecular formula is C26H25NO5S. The number of aryl methyl sites for hydroxylation is 2. The number of aliphatic hydroxyl groups is 1. The fraction of sp³-hybridized carbons (Fsp3) is 0.231. The van der Waals surface area contributed by atoms with Crippen molar-refractivity contribution in [3.05, 3.63) is 86.8 Å². The van der Waals surface area contributed by atoms with Gasteiger partial charge in [0.05, 0.1) is 30.2 Å². The van der Waals surface area contributed by atoms with Crippen LogP contribution in [0.15, 0.2) is 65.2 Å². The standard InChI is InChI=1S/C26H25NO5S/c1-5-32-20-14-17(9-11-19(20)31-4)23-22(24(28)21-7-6-12-33-21)25(29)26(30)27(23)18-10-8-15(2)13-16(18)3/h6-14,23,29H,5H2,1-4H3. The van der Waals surface area contributed by atoms with Crippen LogP contribution < -0.4 is 14.4 Å². The summed E-state index contributed by atoms with van der Waals surface area (Å²) in [6.45, 7) is 6.17. The van der Waals surface area contributed by atoms with Crippen molar-refractivity contribution in [2.24, 2.45) is 0 Å². The van der Waals surface area contributed by atoms with Gasteiger partial charge in [0.25, 0.3) is 5.91 Å². The number of benzene rings is 2. The molecule has 0 aliphatic carbocycles. The highest BCUT2D eigenvalue weighted by atomic mass is 32.1. The normalized spacial score (nSPS) is 15.8. The Morgan fingerprint density at radius 3 is 2.55 bits per heavy atom. The lowest BCUT2D eigenvalue weighted by atomic mass is 9.94. The highest BCUT2D eigenvalue weighted by Crippen LogP contribution is 2.45. The number of aliphatic hydroxyl groups excluding tert-OH is 1. The number of nitrogens with zero attached hydrogens (tertiary/aromatic N) is 1. The predicted molar refractivity (Wildman–Crippen MR) is 129 cm³/mol. The minimum absolute atomic E-state index is 0.0510. The highest BCUT2D eigenvalue weighted by Gasteiger charge is 2.45. The van der Waals surface area contributed by atoms with E-state index >= 15 is 0 Å². The van der Waals surface area contributed by atoms with Gasteiger partial charge in [0.2, 0.25) is 5.78 Å². The molecule has 0 fully saturated rings. The average Bonchev–Trinajstić information content (AvgIpc) is 3.42. The third-order valence-corrected chi connectivity index (χ3v) is 6.48. The molecule has 0 radical (unpaired) electrons. The van der Waals surface area contributed by atoms with Gasteiger partial charge >= 0.3 is 0 Å². The van der Waals surface area contributed by atoms with E-state index in [4.69, 9.17) is 9.47 Å². The van der Waals surface area contributed by atoms with Crippen LogP contribution in [0.4, 0.5) is 5.69 Å². The van der Waals surface area contributed by atoms with Gasteiger partial charge in [-0.1, -0.05) is 29.8 Å². The number of carbonyl (C=O) groups is 2. The molecule has 2 aromatic carbocycles. The van der Waals surface area contributed by atoms with Gasteiger partial charge < -0.3 is 14.6 Å². The Morgan fingerprint density at radius 1 is 1.12 bits per heavy atom. The van der Waals surface area contributed by atoms with Gasteiger partial charge in [-0.25, -0.2) is 0 Å². The summed E-state index contributed by atoms with van der Waals surface area (Å²) in [4.78, 5) is 28.8. The number of amides is 1. The van der Waals surface area contributed by atoms with Gasteiger partial charge in [0.15, 0.2) is 17.3 Å². The molecule has 1 aromatic heterocycles. The van der Waals surface area contributed by atoms with Crippen LogP contribution in [0.3, 0.4) is 0 Å². The molecule has 0 spiro atoms. The largest absolute Gasteiger partial charge is 0.503 e. The van der Waals surface area contributed by atoms with E-state index in [-0.39, 0.29) is 11.4 Å². The summed E-state index contributed by atoms with van der Waals surface area (Å²) in [6.07, 6.45) is 0. The van der Waals surface area contributed by atoms with Gasteiger partial charge in [-0.05, 0) is 61.5 Å². The third kappa shape index (κ3) is 4.00. The molecule has 7 heteroatoms. The molecule has 1 N–H and O–H groups in total. The smallest absolute Gasteiger partial charge is 0.294 e. The number of ketones is 1. The van der Waals surface area contributed by atoms with Crippen LogP contribution in [-0.2, 0) is 4.79 Å². The van der Waals surface area contributed by atoms with E-state index < -0.39 is 17.7 Å². The van der Waals surface area contributed by atoms with Gasteiger partial charge in [0.1, 0.15) is 0 Å². The van der Waals surface area contributed by atoms with Crippen molar-refractivity contribution >= 4 is 28.7 Å². The maximum absolute atomic E-state index is 13.5. The first-order chi connectivity index (χ1) is 15.9. The maximum atomic E-state index is 13.5. The Hall–Kier alpha value is -3.58. The number of methoxy groups -OCH3 is 1. The lowest BCUT2D eigenvalue weighted by molar-refractivity contribution is -0.117. The number of thiophene rings is 1. The van der Waals surface area contributed by atoms with Crippen molar-refractivity contribution in [1.29, 1.82) is 0 Å². The lowest BCUT2D eigenvalue weighted by Crippen LogP contribution is -2.31. The summed E-state index contributed by atoms with van der Waals surface area (Å²) in [5.74, 6) is -0.475. The van der Waals surface area contributed by atoms with Crippen LogP contribution in [0.2, 0.25) is 0 Å². The van der Waals surface area contributed by atoms with E-state index in [1.54, 1.807) is 42.8 Å². The molecule has 1 amide bonds.